The van der Waals surface area contributed by atoms with E-state index in [1.165, 1.54) is 165 Å². The smallest absolute Gasteiger partial charge is 0.360 e. The molecule has 0 atom stereocenters. The molecule has 2 aromatic rings. The van der Waals surface area contributed by atoms with Crippen molar-refractivity contribution in [2.45, 2.75) is 220 Å². The molecule has 0 aliphatic rings. The topological polar surface area (TPSA) is 44.8 Å². The van der Waals surface area contributed by atoms with Crippen LogP contribution in [0.5, 0.6) is 11.5 Å². The summed E-state index contributed by atoms with van der Waals surface area (Å²) in [6.45, 7) is 7.41. The molecule has 2 aromatic carbocycles. The minimum atomic E-state index is -1.16. The Hall–Kier alpha value is -1.71. The molecule has 6 heteroatoms. The SMILES string of the molecule is CCCCCCCCCOC(=O)CCCCCCCCCSP(Oc1cccc(CCCCCCCCC)c1)Oc1cccc(CCCCCCCCC)c1. The van der Waals surface area contributed by atoms with Crippen molar-refractivity contribution in [1.29, 1.82) is 0 Å². The predicted molar refractivity (Wildman–Crippen MR) is 243 cm³/mol. The molecule has 0 bridgehead atoms. The molecule has 2 rings (SSSR count). The van der Waals surface area contributed by atoms with Crippen LogP contribution in [0.1, 0.15) is 218 Å². The third kappa shape index (κ3) is 29.2. The molecule has 0 spiro atoms. The van der Waals surface area contributed by atoms with Crippen molar-refractivity contribution < 1.29 is 18.6 Å². The van der Waals surface area contributed by atoms with E-state index in [0.717, 1.165) is 55.8 Å². The highest BCUT2D eigenvalue weighted by Gasteiger charge is 2.17. The first-order valence-corrected chi connectivity index (χ1v) is 26.0. The molecule has 0 aliphatic heterocycles. The number of unbranched alkanes of at least 4 members (excludes halogenated alkanes) is 24. The lowest BCUT2D eigenvalue weighted by Gasteiger charge is -2.19. The van der Waals surface area contributed by atoms with Crippen LogP contribution in [-0.2, 0) is 22.4 Å². The van der Waals surface area contributed by atoms with Crippen molar-refractivity contribution in [3.63, 3.8) is 0 Å². The maximum Gasteiger partial charge on any atom is 0.360 e. The van der Waals surface area contributed by atoms with Gasteiger partial charge in [0.05, 0.1) is 6.61 Å². The zero-order valence-corrected chi connectivity index (χ0v) is 37.7. The molecule has 0 aromatic heterocycles. The Morgan fingerprint density at radius 3 is 1.36 bits per heavy atom. The van der Waals surface area contributed by atoms with Crippen molar-refractivity contribution in [3.8, 4) is 11.5 Å². The molecule has 314 valence electrons. The fraction of sp³-hybridized carbons (Fsp3) is 0.735. The van der Waals surface area contributed by atoms with E-state index in [-0.39, 0.29) is 5.97 Å². The monoisotopic (exact) mass is 799 g/mol. The molecule has 0 amide bonds. The fourth-order valence-corrected chi connectivity index (χ4v) is 9.91. The van der Waals surface area contributed by atoms with Crippen molar-refractivity contribution in [3.05, 3.63) is 59.7 Å². The molecule has 0 heterocycles. The average molecular weight is 799 g/mol. The first-order valence-electron chi connectivity index (χ1n) is 23.3. The highest BCUT2D eigenvalue weighted by atomic mass is 32.7. The van der Waals surface area contributed by atoms with Crippen molar-refractivity contribution in [2.75, 3.05) is 12.4 Å². The molecule has 0 aliphatic carbocycles. The summed E-state index contributed by atoms with van der Waals surface area (Å²) in [5.41, 5.74) is 2.73. The average Bonchev–Trinajstić information content (AvgIpc) is 3.19. The summed E-state index contributed by atoms with van der Waals surface area (Å²) in [4.78, 5) is 12.1. The van der Waals surface area contributed by atoms with E-state index in [4.69, 9.17) is 13.8 Å². The first kappa shape index (κ1) is 49.4. The van der Waals surface area contributed by atoms with Gasteiger partial charge in [0.2, 0.25) is 0 Å². The van der Waals surface area contributed by atoms with Gasteiger partial charge >= 0.3 is 13.5 Å². The number of benzene rings is 2. The molecule has 0 radical (unpaired) electrons. The minimum absolute atomic E-state index is 0.0104. The summed E-state index contributed by atoms with van der Waals surface area (Å²) in [6.07, 6.45) is 38.3. The molecule has 55 heavy (non-hydrogen) atoms. The van der Waals surface area contributed by atoms with Gasteiger partial charge in [0.15, 0.2) is 0 Å². The summed E-state index contributed by atoms with van der Waals surface area (Å²) < 4.78 is 18.7. The fourth-order valence-electron chi connectivity index (χ4n) is 7.04. The third-order valence-corrected chi connectivity index (χ3v) is 13.6. The maximum absolute atomic E-state index is 12.1. The second-order valence-electron chi connectivity index (χ2n) is 15.8. The van der Waals surface area contributed by atoms with E-state index in [1.54, 1.807) is 0 Å². The molecule has 0 N–H and O–H groups in total. The van der Waals surface area contributed by atoms with E-state index >= 15 is 0 Å². The van der Waals surface area contributed by atoms with Gasteiger partial charge in [-0.3, -0.25) is 4.79 Å². The van der Waals surface area contributed by atoms with Crippen LogP contribution in [-0.4, -0.2) is 18.3 Å². The Bertz CT molecular complexity index is 1100. The zero-order valence-electron chi connectivity index (χ0n) is 35.9. The van der Waals surface area contributed by atoms with E-state index in [2.05, 4.69) is 69.3 Å². The van der Waals surface area contributed by atoms with Gasteiger partial charge in [-0.1, -0.05) is 193 Å². The van der Waals surface area contributed by atoms with Crippen LogP contribution in [0.25, 0.3) is 0 Å². The molecular weight excluding hydrogens is 716 g/mol. The lowest BCUT2D eigenvalue weighted by atomic mass is 10.0. The summed E-state index contributed by atoms with van der Waals surface area (Å²) in [6, 6.07) is 17.5. The number of hydrogen-bond acceptors (Lipinski definition) is 5. The van der Waals surface area contributed by atoms with Gasteiger partial charge in [0.1, 0.15) is 11.5 Å². The largest absolute Gasteiger partial charge is 0.466 e. The van der Waals surface area contributed by atoms with E-state index in [1.807, 2.05) is 11.4 Å². The van der Waals surface area contributed by atoms with E-state index in [9.17, 15) is 4.79 Å². The summed E-state index contributed by atoms with van der Waals surface area (Å²) in [7, 11) is -1.16. The van der Waals surface area contributed by atoms with Crippen LogP contribution in [0.4, 0.5) is 0 Å². The Balaban J connectivity index is 1.73. The zero-order chi connectivity index (χ0) is 39.3. The molecule has 4 nitrogen and oxygen atoms in total. The predicted octanol–water partition coefficient (Wildman–Crippen LogP) is 17.1. The van der Waals surface area contributed by atoms with Gasteiger partial charge < -0.3 is 13.8 Å². The number of aryl methyl sites for hydroxylation is 2. The van der Waals surface area contributed by atoms with Gasteiger partial charge in [-0.05, 0) is 91.7 Å². The quantitative estimate of drug-likeness (QED) is 0.0383. The van der Waals surface area contributed by atoms with Crippen LogP contribution in [0.15, 0.2) is 48.5 Å². The summed E-state index contributed by atoms with van der Waals surface area (Å²) >= 11 is 1.84. The van der Waals surface area contributed by atoms with Gasteiger partial charge in [-0.2, -0.15) is 0 Å². The second-order valence-corrected chi connectivity index (χ2v) is 19.0. The Morgan fingerprint density at radius 2 is 0.891 bits per heavy atom. The molecule has 0 unspecified atom stereocenters. The van der Waals surface area contributed by atoms with Gasteiger partial charge in [-0.15, -0.1) is 0 Å². The first-order chi connectivity index (χ1) is 27.1. The molecule has 0 fully saturated rings. The van der Waals surface area contributed by atoms with Crippen LogP contribution in [0, 0.1) is 0 Å². The van der Waals surface area contributed by atoms with Crippen molar-refractivity contribution in [2.24, 2.45) is 0 Å². The number of ether oxygens (including phenoxy) is 1. The Kier molecular flexibility index (Phi) is 32.9. The number of carbonyl (C=O) groups is 1. The summed E-state index contributed by atoms with van der Waals surface area (Å²) in [5.74, 6) is 2.88. The normalized spacial score (nSPS) is 11.3. The molecule has 0 saturated heterocycles. The maximum atomic E-state index is 12.1. The van der Waals surface area contributed by atoms with Gasteiger partial charge in [0.25, 0.3) is 0 Å². The van der Waals surface area contributed by atoms with Crippen molar-refractivity contribution in [1.82, 2.24) is 0 Å². The van der Waals surface area contributed by atoms with Gasteiger partial charge in [-0.25, -0.2) is 0 Å². The van der Waals surface area contributed by atoms with Crippen LogP contribution >= 0.6 is 19.0 Å². The Labute approximate surface area is 345 Å². The van der Waals surface area contributed by atoms with Crippen LogP contribution < -0.4 is 9.05 Å². The molecule has 0 saturated carbocycles. The van der Waals surface area contributed by atoms with Gasteiger partial charge in [0, 0.05) is 12.2 Å². The third-order valence-electron chi connectivity index (χ3n) is 10.5. The standard InChI is InChI=1S/C49H83O4PS/c1-4-7-10-13-17-22-27-34-45-36-32-38-47(43-45)52-54(53-48-39-33-37-46(44-48)35-28-23-18-14-11-8-5-2)55-42-31-26-21-16-19-24-29-40-49(50)51-41-30-25-20-15-12-9-6-3/h32-33,36-39,43-44H,4-31,34-35,40-42H2,1-3H3. The van der Waals surface area contributed by atoms with Crippen molar-refractivity contribution >= 4 is 24.9 Å². The van der Waals surface area contributed by atoms with E-state index < -0.39 is 7.58 Å². The second kappa shape index (κ2) is 36.6. The lowest BCUT2D eigenvalue weighted by molar-refractivity contribution is -0.143. The molecular formula is C49H83O4PS. The number of esters is 1. The Morgan fingerprint density at radius 1 is 0.491 bits per heavy atom. The van der Waals surface area contributed by atoms with Crippen LogP contribution in [0.2, 0.25) is 0 Å². The number of carbonyl (C=O) groups excluding carboxylic acids is 1. The van der Waals surface area contributed by atoms with Crippen LogP contribution in [0.3, 0.4) is 0 Å². The number of hydrogen-bond donors (Lipinski definition) is 0. The summed E-state index contributed by atoms with van der Waals surface area (Å²) in [5, 5.41) is 0. The lowest BCUT2D eigenvalue weighted by Crippen LogP contribution is -2.05. The minimum Gasteiger partial charge on any atom is -0.466 e. The van der Waals surface area contributed by atoms with E-state index in [0.29, 0.717) is 13.0 Å². The highest BCUT2D eigenvalue weighted by Crippen LogP contribution is 2.52. The highest BCUT2D eigenvalue weighted by molar-refractivity contribution is 8.53. The number of rotatable bonds is 39.